The minimum atomic E-state index is -0.226. The number of nitrogens with zero attached hydrogens (tertiary/aromatic N) is 3. The minimum Gasteiger partial charge on any atom is -0.618 e. The van der Waals surface area contributed by atoms with E-state index in [9.17, 15) is 10.4 Å². The molecule has 2 heterocycles. The van der Waals surface area contributed by atoms with Gasteiger partial charge in [0, 0.05) is 25.5 Å². The molecule has 1 aromatic heterocycles. The summed E-state index contributed by atoms with van der Waals surface area (Å²) in [7, 11) is 4.65. The number of fused-ring (bicyclic) bond motifs is 1. The van der Waals surface area contributed by atoms with Crippen LogP contribution in [0.2, 0.25) is 0 Å². The lowest BCUT2D eigenvalue weighted by Gasteiger charge is -2.17. The molecule has 0 fully saturated rings. The van der Waals surface area contributed by atoms with Crippen molar-refractivity contribution in [3.63, 3.8) is 0 Å². The number of ether oxygens (including phenoxy) is 3. The van der Waals surface area contributed by atoms with Crippen molar-refractivity contribution in [2.45, 2.75) is 26.3 Å². The van der Waals surface area contributed by atoms with Crippen LogP contribution in [-0.4, -0.2) is 27.0 Å². The van der Waals surface area contributed by atoms with Crippen LogP contribution in [0.3, 0.4) is 0 Å². The van der Waals surface area contributed by atoms with Gasteiger partial charge in [0.05, 0.1) is 27.4 Å². The molecule has 2 aromatic carbocycles. The van der Waals surface area contributed by atoms with E-state index in [-0.39, 0.29) is 11.7 Å². The Morgan fingerprint density at radius 2 is 1.61 bits per heavy atom. The van der Waals surface area contributed by atoms with Crippen LogP contribution in [0.15, 0.2) is 35.4 Å². The minimum absolute atomic E-state index is 0.226. The molecule has 31 heavy (non-hydrogen) atoms. The Kier molecular flexibility index (Phi) is 5.18. The van der Waals surface area contributed by atoms with Crippen LogP contribution in [0.25, 0.3) is 11.0 Å². The largest absolute Gasteiger partial charge is 0.618 e. The number of benzene rings is 2. The highest BCUT2D eigenvalue weighted by atomic mass is 16.5. The summed E-state index contributed by atoms with van der Waals surface area (Å²) in [6.45, 7) is 3.51. The molecule has 9 nitrogen and oxygen atoms in total. The zero-order valence-electron chi connectivity index (χ0n) is 18.1. The summed E-state index contributed by atoms with van der Waals surface area (Å²) in [4.78, 5) is 0. The van der Waals surface area contributed by atoms with Crippen molar-refractivity contribution in [3.8, 4) is 17.2 Å². The predicted molar refractivity (Wildman–Crippen MR) is 114 cm³/mol. The summed E-state index contributed by atoms with van der Waals surface area (Å²) in [5, 5.41) is 30.4. The maximum Gasteiger partial charge on any atom is 0.309 e. The lowest BCUT2D eigenvalue weighted by atomic mass is 9.99. The second kappa shape index (κ2) is 7.82. The monoisotopic (exact) mass is 424 g/mol. The molecule has 0 aliphatic carbocycles. The third kappa shape index (κ3) is 3.31. The Morgan fingerprint density at radius 1 is 0.935 bits per heavy atom. The fourth-order valence-electron chi connectivity index (χ4n) is 3.92. The van der Waals surface area contributed by atoms with Crippen molar-refractivity contribution >= 4 is 16.7 Å². The van der Waals surface area contributed by atoms with E-state index < -0.39 is 0 Å². The van der Waals surface area contributed by atoms with Crippen LogP contribution in [-0.2, 0) is 0 Å². The van der Waals surface area contributed by atoms with E-state index in [1.54, 1.807) is 40.4 Å². The summed E-state index contributed by atoms with van der Waals surface area (Å²) in [6.07, 6.45) is 0.416. The number of aromatic nitrogens is 2. The maximum absolute atomic E-state index is 13.2. The molecule has 9 heteroatoms. The quantitative estimate of drug-likeness (QED) is 0.497. The molecule has 162 valence electrons. The first-order chi connectivity index (χ1) is 14.9. The number of nitrogens with one attached hydrogen (secondary N) is 1. The van der Waals surface area contributed by atoms with Crippen LogP contribution in [0.5, 0.6) is 17.2 Å². The summed E-state index contributed by atoms with van der Waals surface area (Å²) in [5.74, 6) is 1.56. The maximum atomic E-state index is 13.2. The molecular weight excluding hydrogens is 400 g/mol. The number of hydrazone groups is 1. The third-order valence-electron chi connectivity index (χ3n) is 5.53. The van der Waals surface area contributed by atoms with Crippen LogP contribution in [0, 0.1) is 24.3 Å². The first kappa shape index (κ1) is 20.5. The highest BCUT2D eigenvalue weighted by Gasteiger charge is 2.34. The average Bonchev–Trinajstić information content (AvgIpc) is 3.26. The summed E-state index contributed by atoms with van der Waals surface area (Å²) >= 11 is 0. The van der Waals surface area contributed by atoms with Gasteiger partial charge in [-0.25, -0.2) is 0 Å². The van der Waals surface area contributed by atoms with Crippen LogP contribution in [0.1, 0.15) is 35.0 Å². The SMILES string of the molecule is COc1cc(C2CC(c3c(C)[n+]([O-])c4ccc(C)cc4[n+]3[O-])=NN2)cc(OC)c1OC. The van der Waals surface area contributed by atoms with Gasteiger partial charge in [0.15, 0.2) is 11.5 Å². The Balaban J connectivity index is 1.74. The lowest BCUT2D eigenvalue weighted by Crippen LogP contribution is -2.46. The second-order valence-corrected chi connectivity index (χ2v) is 7.42. The van der Waals surface area contributed by atoms with E-state index in [2.05, 4.69) is 10.5 Å². The topological polar surface area (TPSA) is 106 Å². The predicted octanol–water partition coefficient (Wildman–Crippen LogP) is 2.19. The molecule has 1 atom stereocenters. The Labute approximate surface area is 179 Å². The normalized spacial score (nSPS) is 15.5. The fourth-order valence-corrected chi connectivity index (χ4v) is 3.92. The van der Waals surface area contributed by atoms with Gasteiger partial charge in [-0.05, 0) is 30.2 Å². The van der Waals surface area contributed by atoms with Gasteiger partial charge in [-0.15, -0.1) is 0 Å². The molecule has 4 rings (SSSR count). The van der Waals surface area contributed by atoms with Crippen molar-refractivity contribution in [3.05, 3.63) is 63.3 Å². The van der Waals surface area contributed by atoms with Crippen molar-refractivity contribution < 1.29 is 23.7 Å². The molecule has 0 amide bonds. The molecule has 1 aliphatic heterocycles. The second-order valence-electron chi connectivity index (χ2n) is 7.42. The molecule has 0 radical (unpaired) electrons. The molecule has 0 saturated heterocycles. The van der Waals surface area contributed by atoms with Crippen molar-refractivity contribution in [2.24, 2.45) is 5.10 Å². The molecular formula is C22H24N4O5. The van der Waals surface area contributed by atoms with Crippen molar-refractivity contribution in [1.29, 1.82) is 0 Å². The zero-order valence-corrected chi connectivity index (χ0v) is 18.1. The molecule has 1 unspecified atom stereocenters. The Bertz CT molecular complexity index is 1180. The first-order valence-corrected chi connectivity index (χ1v) is 9.78. The van der Waals surface area contributed by atoms with E-state index in [0.29, 0.717) is 46.1 Å². The van der Waals surface area contributed by atoms with E-state index >= 15 is 0 Å². The van der Waals surface area contributed by atoms with Gasteiger partial charge in [0.2, 0.25) is 5.75 Å². The van der Waals surface area contributed by atoms with Gasteiger partial charge in [0.1, 0.15) is 5.71 Å². The number of hydrogen-bond acceptors (Lipinski definition) is 7. The fraction of sp³-hybridized carbons (Fsp3) is 0.318. The standard InChI is InChI=1S/C22H24N4O5/c1-12-6-7-17-18(8-12)26(28)21(13(2)25(17)27)16-11-15(23-24-16)14-9-19(29-3)22(31-5)20(10-14)30-4/h6-10,15,23H,11H2,1-5H3. The molecule has 3 aromatic rings. The number of methoxy groups -OCH3 is 3. The molecule has 1 aliphatic rings. The highest BCUT2D eigenvalue weighted by molar-refractivity contribution is 6.00. The van der Waals surface area contributed by atoms with Gasteiger partial charge in [-0.3, -0.25) is 0 Å². The van der Waals surface area contributed by atoms with Crippen molar-refractivity contribution in [2.75, 3.05) is 21.3 Å². The Morgan fingerprint density at radius 3 is 2.23 bits per heavy atom. The van der Waals surface area contributed by atoms with Crippen LogP contribution in [0.4, 0.5) is 0 Å². The van der Waals surface area contributed by atoms with Crippen LogP contribution >= 0.6 is 0 Å². The first-order valence-electron chi connectivity index (χ1n) is 9.78. The lowest BCUT2D eigenvalue weighted by molar-refractivity contribution is -0.634. The average molecular weight is 424 g/mol. The smallest absolute Gasteiger partial charge is 0.309 e. The molecule has 0 saturated carbocycles. The Hall–Kier alpha value is -3.75. The van der Waals surface area contributed by atoms with Gasteiger partial charge in [0.25, 0.3) is 16.7 Å². The summed E-state index contributed by atoms with van der Waals surface area (Å²) in [6, 6.07) is 8.64. The van der Waals surface area contributed by atoms with Crippen molar-refractivity contribution in [1.82, 2.24) is 5.43 Å². The third-order valence-corrected chi connectivity index (χ3v) is 5.53. The van der Waals surface area contributed by atoms with E-state index in [0.717, 1.165) is 20.6 Å². The van der Waals surface area contributed by atoms with Crippen LogP contribution < -0.4 is 29.1 Å². The van der Waals surface area contributed by atoms with E-state index in [4.69, 9.17) is 14.2 Å². The number of aryl methyl sites for hydroxylation is 1. The summed E-state index contributed by atoms with van der Waals surface area (Å²) < 4.78 is 17.8. The van der Waals surface area contributed by atoms with Gasteiger partial charge < -0.3 is 30.1 Å². The highest BCUT2D eigenvalue weighted by Crippen LogP contribution is 2.41. The zero-order chi connectivity index (χ0) is 22.3. The van der Waals surface area contributed by atoms with E-state index in [1.165, 1.54) is 0 Å². The van der Waals surface area contributed by atoms with Gasteiger partial charge in [-0.2, -0.15) is 14.6 Å². The van der Waals surface area contributed by atoms with Gasteiger partial charge in [-0.1, -0.05) is 6.07 Å². The molecule has 1 N–H and O–H groups in total. The number of hydrogen-bond donors (Lipinski definition) is 1. The summed E-state index contributed by atoms with van der Waals surface area (Å²) in [5.41, 5.74) is 6.54. The number of rotatable bonds is 5. The van der Waals surface area contributed by atoms with Gasteiger partial charge >= 0.3 is 5.69 Å². The molecule has 0 spiro atoms. The molecule has 0 bridgehead atoms. The van der Waals surface area contributed by atoms with E-state index in [1.807, 2.05) is 25.1 Å².